The minimum absolute atomic E-state index is 0.0905. The van der Waals surface area contributed by atoms with Gasteiger partial charge >= 0.3 is 0 Å². The van der Waals surface area contributed by atoms with Crippen LogP contribution in [0, 0.1) is 12.8 Å². The van der Waals surface area contributed by atoms with Crippen molar-refractivity contribution in [1.29, 1.82) is 0 Å². The molecule has 0 spiro atoms. The molecule has 24 heavy (non-hydrogen) atoms. The lowest BCUT2D eigenvalue weighted by atomic mass is 10.0. The molecule has 1 aromatic heterocycles. The quantitative estimate of drug-likeness (QED) is 0.652. The molecular weight excluding hydrogens is 294 g/mol. The number of aromatic nitrogens is 1. The lowest BCUT2D eigenvalue weighted by Crippen LogP contribution is -2.18. The normalized spacial score (nSPS) is 11.0. The third kappa shape index (κ3) is 3.18. The summed E-state index contributed by atoms with van der Waals surface area (Å²) in [5, 5.41) is 0. The van der Waals surface area contributed by atoms with E-state index in [9.17, 15) is 4.79 Å². The zero-order valence-corrected chi connectivity index (χ0v) is 14.5. The molecule has 3 rings (SSSR count). The van der Waals surface area contributed by atoms with Crippen LogP contribution in [-0.4, -0.2) is 4.57 Å². The summed E-state index contributed by atoms with van der Waals surface area (Å²) in [4.78, 5) is 12.6. The van der Waals surface area contributed by atoms with E-state index in [0.717, 1.165) is 34.6 Å². The monoisotopic (exact) mass is 317 g/mol. The Balaban J connectivity index is 2.35. The van der Waals surface area contributed by atoms with Crippen LogP contribution in [0.25, 0.3) is 22.5 Å². The molecule has 0 aliphatic carbocycles. The lowest BCUT2D eigenvalue weighted by molar-refractivity contribution is 0.527. The van der Waals surface area contributed by atoms with E-state index in [1.54, 1.807) is 6.07 Å². The summed E-state index contributed by atoms with van der Waals surface area (Å²) < 4.78 is 2.30. The minimum atomic E-state index is 0.0905. The first-order valence-corrected chi connectivity index (χ1v) is 8.43. The Kier molecular flexibility index (Phi) is 4.66. The van der Waals surface area contributed by atoms with Crippen molar-refractivity contribution in [2.45, 2.75) is 27.3 Å². The van der Waals surface area contributed by atoms with Gasteiger partial charge in [-0.15, -0.1) is 0 Å². The number of rotatable bonds is 4. The van der Waals surface area contributed by atoms with Gasteiger partial charge in [-0.25, -0.2) is 0 Å². The zero-order chi connectivity index (χ0) is 17.1. The average Bonchev–Trinajstić information content (AvgIpc) is 2.59. The van der Waals surface area contributed by atoms with Gasteiger partial charge in [0, 0.05) is 18.2 Å². The molecule has 122 valence electrons. The first-order valence-electron chi connectivity index (χ1n) is 8.43. The van der Waals surface area contributed by atoms with Crippen molar-refractivity contribution in [2.75, 3.05) is 0 Å². The average molecular weight is 317 g/mol. The minimum Gasteiger partial charge on any atom is -0.340 e. The highest BCUT2D eigenvalue weighted by Crippen LogP contribution is 2.28. The first-order chi connectivity index (χ1) is 11.6. The predicted octanol–water partition coefficient (Wildman–Crippen LogP) is 5.15. The van der Waals surface area contributed by atoms with E-state index in [0.29, 0.717) is 5.92 Å². The van der Waals surface area contributed by atoms with Crippen LogP contribution in [0.4, 0.5) is 0 Å². The van der Waals surface area contributed by atoms with Gasteiger partial charge in [0.2, 0.25) is 0 Å². The summed E-state index contributed by atoms with van der Waals surface area (Å²) in [5.74, 6) is 0.483. The summed E-state index contributed by atoms with van der Waals surface area (Å²) in [6, 6.07) is 22.1. The van der Waals surface area contributed by atoms with Crippen molar-refractivity contribution in [1.82, 2.24) is 4.57 Å². The van der Waals surface area contributed by atoms with Crippen LogP contribution in [0.1, 0.15) is 19.4 Å². The molecular formula is C22H23NO. The van der Waals surface area contributed by atoms with Crippen molar-refractivity contribution in [3.8, 4) is 22.5 Å². The summed E-state index contributed by atoms with van der Waals surface area (Å²) >= 11 is 0. The Morgan fingerprint density at radius 2 is 1.42 bits per heavy atom. The molecule has 0 aliphatic rings. The maximum atomic E-state index is 12.6. The maximum Gasteiger partial charge on any atom is 0.185 e. The van der Waals surface area contributed by atoms with Crippen LogP contribution in [0.15, 0.2) is 71.5 Å². The zero-order valence-electron chi connectivity index (χ0n) is 14.5. The van der Waals surface area contributed by atoms with Gasteiger partial charge < -0.3 is 4.57 Å². The van der Waals surface area contributed by atoms with Gasteiger partial charge in [-0.1, -0.05) is 74.5 Å². The van der Waals surface area contributed by atoms with E-state index in [1.807, 2.05) is 43.3 Å². The van der Waals surface area contributed by atoms with E-state index >= 15 is 0 Å². The Labute approximate surface area is 143 Å². The largest absolute Gasteiger partial charge is 0.340 e. The van der Waals surface area contributed by atoms with Crippen molar-refractivity contribution in [3.05, 3.63) is 82.5 Å². The third-order valence-corrected chi connectivity index (χ3v) is 4.22. The number of pyridine rings is 1. The Morgan fingerprint density at radius 3 is 1.96 bits per heavy atom. The summed E-state index contributed by atoms with van der Waals surface area (Å²) in [5.41, 5.74) is 5.07. The standard InChI is InChI=1S/C22H23NO/c1-16(2)15-23-20(18-10-6-4-7-11-18)14-21(24)17(3)22(23)19-12-8-5-9-13-19/h4-14,16H,15H2,1-3H3. The molecule has 0 amide bonds. The summed E-state index contributed by atoms with van der Waals surface area (Å²) in [6.07, 6.45) is 0. The predicted molar refractivity (Wildman–Crippen MR) is 101 cm³/mol. The second-order valence-corrected chi connectivity index (χ2v) is 6.60. The van der Waals surface area contributed by atoms with Crippen molar-refractivity contribution in [2.24, 2.45) is 5.92 Å². The van der Waals surface area contributed by atoms with Gasteiger partial charge in [0.1, 0.15) is 0 Å². The molecule has 0 saturated carbocycles. The van der Waals surface area contributed by atoms with Crippen LogP contribution < -0.4 is 5.43 Å². The van der Waals surface area contributed by atoms with E-state index in [4.69, 9.17) is 0 Å². The van der Waals surface area contributed by atoms with E-state index in [-0.39, 0.29) is 5.43 Å². The smallest absolute Gasteiger partial charge is 0.185 e. The molecule has 2 nitrogen and oxygen atoms in total. The fraction of sp³-hybridized carbons (Fsp3) is 0.227. The van der Waals surface area contributed by atoms with Crippen molar-refractivity contribution in [3.63, 3.8) is 0 Å². The molecule has 0 saturated heterocycles. The van der Waals surface area contributed by atoms with Crippen LogP contribution in [-0.2, 0) is 6.54 Å². The molecule has 0 radical (unpaired) electrons. The van der Waals surface area contributed by atoms with Crippen LogP contribution >= 0.6 is 0 Å². The number of hydrogen-bond donors (Lipinski definition) is 0. The van der Waals surface area contributed by atoms with E-state index in [1.165, 1.54) is 0 Å². The molecule has 0 bridgehead atoms. The third-order valence-electron chi connectivity index (χ3n) is 4.22. The van der Waals surface area contributed by atoms with Crippen LogP contribution in [0.5, 0.6) is 0 Å². The Bertz CT molecular complexity index is 877. The molecule has 1 heterocycles. The number of benzene rings is 2. The second-order valence-electron chi connectivity index (χ2n) is 6.60. The van der Waals surface area contributed by atoms with Crippen molar-refractivity contribution < 1.29 is 0 Å². The van der Waals surface area contributed by atoms with E-state index < -0.39 is 0 Å². The van der Waals surface area contributed by atoms with Gasteiger partial charge in [0.25, 0.3) is 0 Å². The first kappa shape index (κ1) is 16.3. The van der Waals surface area contributed by atoms with Gasteiger partial charge in [0.05, 0.1) is 11.4 Å². The van der Waals surface area contributed by atoms with Crippen molar-refractivity contribution >= 4 is 0 Å². The van der Waals surface area contributed by atoms with Gasteiger partial charge in [-0.2, -0.15) is 0 Å². The van der Waals surface area contributed by atoms with Crippen LogP contribution in [0.2, 0.25) is 0 Å². The molecule has 0 atom stereocenters. The van der Waals surface area contributed by atoms with Gasteiger partial charge in [0.15, 0.2) is 5.43 Å². The molecule has 2 aromatic carbocycles. The molecule has 2 heteroatoms. The van der Waals surface area contributed by atoms with Gasteiger partial charge in [-0.3, -0.25) is 4.79 Å². The number of nitrogens with zero attached hydrogens (tertiary/aromatic N) is 1. The van der Waals surface area contributed by atoms with Crippen LogP contribution in [0.3, 0.4) is 0 Å². The number of hydrogen-bond acceptors (Lipinski definition) is 1. The highest BCUT2D eigenvalue weighted by molar-refractivity contribution is 5.70. The summed E-state index contributed by atoms with van der Waals surface area (Å²) in [7, 11) is 0. The topological polar surface area (TPSA) is 22.0 Å². The molecule has 3 aromatic rings. The lowest BCUT2D eigenvalue weighted by Gasteiger charge is -2.23. The molecule has 0 unspecified atom stereocenters. The molecule has 0 aliphatic heterocycles. The fourth-order valence-corrected chi connectivity index (χ4v) is 3.12. The molecule has 0 N–H and O–H groups in total. The fourth-order valence-electron chi connectivity index (χ4n) is 3.12. The SMILES string of the molecule is Cc1c(-c2ccccc2)n(CC(C)C)c(-c2ccccc2)cc1=O. The van der Waals surface area contributed by atoms with E-state index in [2.05, 4.69) is 42.7 Å². The summed E-state index contributed by atoms with van der Waals surface area (Å²) in [6.45, 7) is 7.21. The maximum absolute atomic E-state index is 12.6. The van der Waals surface area contributed by atoms with Gasteiger partial charge in [-0.05, 0) is 24.0 Å². The highest BCUT2D eigenvalue weighted by atomic mass is 16.1. The Morgan fingerprint density at radius 1 is 0.875 bits per heavy atom. The molecule has 0 fully saturated rings. The highest BCUT2D eigenvalue weighted by Gasteiger charge is 2.16. The second kappa shape index (κ2) is 6.88. The Hall–Kier alpha value is -2.61.